The van der Waals surface area contributed by atoms with Gasteiger partial charge in [0.05, 0.1) is 7.11 Å². The van der Waals surface area contributed by atoms with E-state index in [9.17, 15) is 9.59 Å². The SMILES string of the molecule is COC(=O)C#C[C@@H](CC(C)C)OC(C)=O. The summed E-state index contributed by atoms with van der Waals surface area (Å²) in [7, 11) is 1.25. The van der Waals surface area contributed by atoms with E-state index < -0.39 is 18.0 Å². The van der Waals surface area contributed by atoms with Crippen molar-refractivity contribution >= 4 is 11.9 Å². The average molecular weight is 212 g/mol. The van der Waals surface area contributed by atoms with Crippen molar-refractivity contribution in [1.82, 2.24) is 0 Å². The Morgan fingerprint density at radius 3 is 2.33 bits per heavy atom. The van der Waals surface area contributed by atoms with Crippen LogP contribution in [-0.2, 0) is 19.1 Å². The Bertz CT molecular complexity index is 283. The van der Waals surface area contributed by atoms with Gasteiger partial charge < -0.3 is 9.47 Å². The Kier molecular flexibility index (Phi) is 6.19. The smallest absolute Gasteiger partial charge is 0.384 e. The van der Waals surface area contributed by atoms with Crippen LogP contribution in [0.25, 0.3) is 0 Å². The minimum Gasteiger partial charge on any atom is -0.459 e. The van der Waals surface area contributed by atoms with Crippen LogP contribution in [0.3, 0.4) is 0 Å². The van der Waals surface area contributed by atoms with Gasteiger partial charge in [-0.25, -0.2) is 4.79 Å². The van der Waals surface area contributed by atoms with Gasteiger partial charge in [0.1, 0.15) is 0 Å². The standard InChI is InChI=1S/C11H16O4/c1-8(2)7-10(15-9(3)12)5-6-11(13)14-4/h8,10H,7H2,1-4H3/t10-/m0/s1. The number of hydrogen-bond acceptors (Lipinski definition) is 4. The average Bonchev–Trinajstić information content (AvgIpc) is 2.11. The van der Waals surface area contributed by atoms with Gasteiger partial charge in [0, 0.05) is 12.8 Å². The number of esters is 2. The van der Waals surface area contributed by atoms with Gasteiger partial charge in [-0.05, 0) is 18.3 Å². The molecule has 0 spiro atoms. The first-order valence-electron chi connectivity index (χ1n) is 4.72. The molecule has 4 heteroatoms. The van der Waals surface area contributed by atoms with Crippen molar-refractivity contribution in [1.29, 1.82) is 0 Å². The van der Waals surface area contributed by atoms with Gasteiger partial charge >= 0.3 is 11.9 Å². The van der Waals surface area contributed by atoms with E-state index >= 15 is 0 Å². The van der Waals surface area contributed by atoms with E-state index in [0.29, 0.717) is 12.3 Å². The third kappa shape index (κ3) is 7.56. The highest BCUT2D eigenvalue weighted by molar-refractivity contribution is 5.88. The van der Waals surface area contributed by atoms with Crippen molar-refractivity contribution in [2.45, 2.75) is 33.3 Å². The summed E-state index contributed by atoms with van der Waals surface area (Å²) in [5.41, 5.74) is 0. The summed E-state index contributed by atoms with van der Waals surface area (Å²) in [6.07, 6.45) is 0.0606. The molecule has 0 aliphatic heterocycles. The fourth-order valence-corrected chi connectivity index (χ4v) is 0.955. The third-order valence-corrected chi connectivity index (χ3v) is 1.51. The number of carbonyl (C=O) groups is 2. The molecule has 0 aromatic heterocycles. The monoisotopic (exact) mass is 212 g/mol. The molecule has 0 rings (SSSR count). The maximum Gasteiger partial charge on any atom is 0.384 e. The van der Waals surface area contributed by atoms with Crippen molar-refractivity contribution in [3.63, 3.8) is 0 Å². The van der Waals surface area contributed by atoms with E-state index in [4.69, 9.17) is 4.74 Å². The van der Waals surface area contributed by atoms with Crippen LogP contribution in [0.1, 0.15) is 27.2 Å². The van der Waals surface area contributed by atoms with E-state index in [1.54, 1.807) is 0 Å². The molecule has 0 amide bonds. The van der Waals surface area contributed by atoms with Crippen LogP contribution in [0, 0.1) is 17.8 Å². The summed E-state index contributed by atoms with van der Waals surface area (Å²) in [4.78, 5) is 21.5. The molecule has 0 aliphatic rings. The van der Waals surface area contributed by atoms with Crippen LogP contribution < -0.4 is 0 Å². The first-order chi connectivity index (χ1) is 6.95. The third-order valence-electron chi connectivity index (χ3n) is 1.51. The lowest BCUT2D eigenvalue weighted by Gasteiger charge is -2.12. The van der Waals surface area contributed by atoms with Crippen molar-refractivity contribution in [3.8, 4) is 11.8 Å². The summed E-state index contributed by atoms with van der Waals surface area (Å²) in [6.45, 7) is 5.28. The number of methoxy groups -OCH3 is 1. The Balaban J connectivity index is 4.40. The Morgan fingerprint density at radius 2 is 1.93 bits per heavy atom. The first-order valence-corrected chi connectivity index (χ1v) is 4.72. The molecule has 0 aromatic carbocycles. The number of hydrogen-bond donors (Lipinski definition) is 0. The molecule has 0 saturated heterocycles. The van der Waals surface area contributed by atoms with Crippen LogP contribution in [0.2, 0.25) is 0 Å². The van der Waals surface area contributed by atoms with E-state index in [0.717, 1.165) is 0 Å². The zero-order valence-corrected chi connectivity index (χ0v) is 9.49. The van der Waals surface area contributed by atoms with Gasteiger partial charge in [0.15, 0.2) is 6.10 Å². The van der Waals surface area contributed by atoms with Crippen LogP contribution in [-0.4, -0.2) is 25.2 Å². The number of ether oxygens (including phenoxy) is 2. The zero-order valence-electron chi connectivity index (χ0n) is 9.49. The van der Waals surface area contributed by atoms with Crippen LogP contribution in [0.15, 0.2) is 0 Å². The molecule has 0 bridgehead atoms. The minimum absolute atomic E-state index is 0.335. The summed E-state index contributed by atoms with van der Waals surface area (Å²) >= 11 is 0. The minimum atomic E-state index is -0.629. The van der Waals surface area contributed by atoms with Gasteiger partial charge in [-0.3, -0.25) is 4.79 Å². The van der Waals surface area contributed by atoms with Crippen molar-refractivity contribution in [2.24, 2.45) is 5.92 Å². The quantitative estimate of drug-likeness (QED) is 0.400. The molecule has 0 fully saturated rings. The van der Waals surface area contributed by atoms with Gasteiger partial charge in [-0.1, -0.05) is 13.8 Å². The maximum atomic E-state index is 10.8. The van der Waals surface area contributed by atoms with Crippen molar-refractivity contribution < 1.29 is 19.1 Å². The molecular weight excluding hydrogens is 196 g/mol. The zero-order chi connectivity index (χ0) is 11.8. The highest BCUT2D eigenvalue weighted by Crippen LogP contribution is 2.07. The Labute approximate surface area is 89.9 Å². The van der Waals surface area contributed by atoms with E-state index in [-0.39, 0.29) is 0 Å². The summed E-state index contributed by atoms with van der Waals surface area (Å²) in [6, 6.07) is 0. The maximum absolute atomic E-state index is 10.8. The normalized spacial score (nSPS) is 11.3. The number of rotatable bonds is 3. The largest absolute Gasteiger partial charge is 0.459 e. The summed E-state index contributed by atoms with van der Waals surface area (Å²) in [5, 5.41) is 0. The second kappa shape index (κ2) is 6.88. The summed E-state index contributed by atoms with van der Waals surface area (Å²) in [5.74, 6) is 4.12. The van der Waals surface area contributed by atoms with E-state index in [2.05, 4.69) is 16.6 Å². The molecular formula is C11H16O4. The topological polar surface area (TPSA) is 52.6 Å². The van der Waals surface area contributed by atoms with Gasteiger partial charge in [0.25, 0.3) is 0 Å². The Hall–Kier alpha value is -1.50. The molecule has 0 aliphatic carbocycles. The lowest BCUT2D eigenvalue weighted by Crippen LogP contribution is -2.17. The molecule has 0 saturated carbocycles. The molecule has 0 radical (unpaired) electrons. The van der Waals surface area contributed by atoms with Crippen LogP contribution in [0.4, 0.5) is 0 Å². The predicted octanol–water partition coefficient (Wildman–Crippen LogP) is 1.14. The van der Waals surface area contributed by atoms with Crippen molar-refractivity contribution in [3.05, 3.63) is 0 Å². The second-order valence-corrected chi connectivity index (χ2v) is 3.49. The molecule has 84 valence electrons. The highest BCUT2D eigenvalue weighted by Gasteiger charge is 2.11. The highest BCUT2D eigenvalue weighted by atomic mass is 16.5. The fourth-order valence-electron chi connectivity index (χ4n) is 0.955. The van der Waals surface area contributed by atoms with Crippen LogP contribution >= 0.6 is 0 Å². The Morgan fingerprint density at radius 1 is 1.33 bits per heavy atom. The molecule has 0 heterocycles. The molecule has 0 aromatic rings. The van der Waals surface area contributed by atoms with Gasteiger partial charge in [-0.15, -0.1) is 0 Å². The van der Waals surface area contributed by atoms with E-state index in [1.165, 1.54) is 14.0 Å². The predicted molar refractivity (Wildman–Crippen MR) is 54.8 cm³/mol. The number of carbonyl (C=O) groups excluding carboxylic acids is 2. The van der Waals surface area contributed by atoms with Crippen molar-refractivity contribution in [2.75, 3.05) is 7.11 Å². The summed E-state index contributed by atoms with van der Waals surface area (Å²) < 4.78 is 9.29. The lowest BCUT2D eigenvalue weighted by molar-refractivity contribution is -0.144. The molecule has 4 nitrogen and oxygen atoms in total. The molecule has 15 heavy (non-hydrogen) atoms. The van der Waals surface area contributed by atoms with Gasteiger partial charge in [0.2, 0.25) is 0 Å². The lowest BCUT2D eigenvalue weighted by atomic mass is 10.1. The fraction of sp³-hybridized carbons (Fsp3) is 0.636. The second-order valence-electron chi connectivity index (χ2n) is 3.49. The van der Waals surface area contributed by atoms with E-state index in [1.807, 2.05) is 13.8 Å². The first kappa shape index (κ1) is 13.5. The molecule has 0 unspecified atom stereocenters. The molecule has 1 atom stereocenters. The van der Waals surface area contributed by atoms with Crippen LogP contribution in [0.5, 0.6) is 0 Å². The molecule has 0 N–H and O–H groups in total. The van der Waals surface area contributed by atoms with Gasteiger partial charge in [-0.2, -0.15) is 0 Å².